The highest BCUT2D eigenvalue weighted by Gasteiger charge is 2.07. The van der Waals surface area contributed by atoms with Gasteiger partial charge in [-0.15, -0.1) is 0 Å². The van der Waals surface area contributed by atoms with E-state index in [1.54, 1.807) is 0 Å². The second-order valence-corrected chi connectivity index (χ2v) is 4.30. The fourth-order valence-electron chi connectivity index (χ4n) is 1.68. The molecule has 1 amide bonds. The van der Waals surface area contributed by atoms with Gasteiger partial charge in [0, 0.05) is 20.0 Å². The van der Waals surface area contributed by atoms with E-state index in [2.05, 4.69) is 12.1 Å². The SMILES string of the molecule is CN(CCc1ccccc1)C(=O)CCCCN. The summed E-state index contributed by atoms with van der Waals surface area (Å²) in [6.45, 7) is 1.45. The van der Waals surface area contributed by atoms with Crippen LogP contribution in [0.2, 0.25) is 0 Å². The van der Waals surface area contributed by atoms with E-state index in [0.29, 0.717) is 13.0 Å². The molecule has 1 rings (SSSR count). The zero-order valence-corrected chi connectivity index (χ0v) is 10.6. The molecule has 0 aliphatic rings. The van der Waals surface area contributed by atoms with Gasteiger partial charge in [0.05, 0.1) is 0 Å². The third-order valence-corrected chi connectivity index (χ3v) is 2.85. The average Bonchev–Trinajstić information content (AvgIpc) is 2.37. The first-order chi connectivity index (χ1) is 8.24. The Morgan fingerprint density at radius 2 is 1.94 bits per heavy atom. The summed E-state index contributed by atoms with van der Waals surface area (Å²) in [5, 5.41) is 0. The fourth-order valence-corrected chi connectivity index (χ4v) is 1.68. The number of nitrogens with zero attached hydrogens (tertiary/aromatic N) is 1. The number of carbonyl (C=O) groups is 1. The lowest BCUT2D eigenvalue weighted by atomic mass is 10.1. The summed E-state index contributed by atoms with van der Waals surface area (Å²) >= 11 is 0. The molecule has 17 heavy (non-hydrogen) atoms. The minimum Gasteiger partial charge on any atom is -0.345 e. The molecule has 0 spiro atoms. The number of nitrogens with two attached hydrogens (primary N) is 1. The van der Waals surface area contributed by atoms with Gasteiger partial charge in [-0.2, -0.15) is 0 Å². The van der Waals surface area contributed by atoms with Gasteiger partial charge in [0.1, 0.15) is 0 Å². The molecule has 94 valence electrons. The van der Waals surface area contributed by atoms with Gasteiger partial charge in [-0.3, -0.25) is 4.79 Å². The van der Waals surface area contributed by atoms with Crippen LogP contribution in [0.25, 0.3) is 0 Å². The molecule has 3 nitrogen and oxygen atoms in total. The second kappa shape index (κ2) is 7.85. The zero-order chi connectivity index (χ0) is 12.5. The Kier molecular flexibility index (Phi) is 6.33. The molecule has 2 N–H and O–H groups in total. The van der Waals surface area contributed by atoms with Gasteiger partial charge in [0.2, 0.25) is 5.91 Å². The maximum absolute atomic E-state index is 11.7. The standard InChI is InChI=1S/C14H22N2O/c1-16(14(17)9-5-6-11-15)12-10-13-7-3-2-4-8-13/h2-4,7-8H,5-6,9-12,15H2,1H3. The van der Waals surface area contributed by atoms with E-state index < -0.39 is 0 Å². The maximum atomic E-state index is 11.7. The van der Waals surface area contributed by atoms with Crippen LogP contribution in [0.1, 0.15) is 24.8 Å². The molecule has 0 saturated heterocycles. The third-order valence-electron chi connectivity index (χ3n) is 2.85. The Balaban J connectivity index is 2.24. The molecule has 0 atom stereocenters. The zero-order valence-electron chi connectivity index (χ0n) is 10.6. The number of rotatable bonds is 7. The molecule has 3 heteroatoms. The normalized spacial score (nSPS) is 10.2. The van der Waals surface area contributed by atoms with E-state index >= 15 is 0 Å². The summed E-state index contributed by atoms with van der Waals surface area (Å²) in [4.78, 5) is 13.5. The van der Waals surface area contributed by atoms with Crippen LogP contribution in [0.3, 0.4) is 0 Å². The van der Waals surface area contributed by atoms with Crippen molar-refractivity contribution in [2.45, 2.75) is 25.7 Å². The van der Waals surface area contributed by atoms with Gasteiger partial charge in [0.15, 0.2) is 0 Å². The van der Waals surface area contributed by atoms with Crippen molar-refractivity contribution in [1.29, 1.82) is 0 Å². The van der Waals surface area contributed by atoms with E-state index in [9.17, 15) is 4.79 Å². The van der Waals surface area contributed by atoms with E-state index in [1.807, 2.05) is 30.1 Å². The van der Waals surface area contributed by atoms with Gasteiger partial charge in [-0.25, -0.2) is 0 Å². The number of benzene rings is 1. The van der Waals surface area contributed by atoms with Gasteiger partial charge >= 0.3 is 0 Å². The quantitative estimate of drug-likeness (QED) is 0.731. The van der Waals surface area contributed by atoms with Crippen molar-refractivity contribution in [3.05, 3.63) is 35.9 Å². The number of amides is 1. The monoisotopic (exact) mass is 234 g/mol. The van der Waals surface area contributed by atoms with Crippen molar-refractivity contribution in [2.24, 2.45) is 5.73 Å². The number of likely N-dealkylation sites (N-methyl/N-ethyl adjacent to an activating group) is 1. The molecule has 1 aromatic carbocycles. The Morgan fingerprint density at radius 3 is 2.59 bits per heavy atom. The predicted molar refractivity (Wildman–Crippen MR) is 70.7 cm³/mol. The van der Waals surface area contributed by atoms with Gasteiger partial charge in [0.25, 0.3) is 0 Å². The smallest absolute Gasteiger partial charge is 0.222 e. The van der Waals surface area contributed by atoms with Crippen LogP contribution in [0.15, 0.2) is 30.3 Å². The van der Waals surface area contributed by atoms with Crippen LogP contribution in [0.5, 0.6) is 0 Å². The number of carbonyl (C=O) groups excluding carboxylic acids is 1. The predicted octanol–water partition coefficient (Wildman–Crippen LogP) is 1.82. The van der Waals surface area contributed by atoms with E-state index in [-0.39, 0.29) is 5.91 Å². The highest BCUT2D eigenvalue weighted by Crippen LogP contribution is 2.03. The van der Waals surface area contributed by atoms with Gasteiger partial charge in [-0.05, 0) is 31.4 Å². The van der Waals surface area contributed by atoms with E-state index in [0.717, 1.165) is 25.8 Å². The first-order valence-corrected chi connectivity index (χ1v) is 6.22. The summed E-state index contributed by atoms with van der Waals surface area (Å²) in [6, 6.07) is 10.2. The number of hydrogen-bond acceptors (Lipinski definition) is 2. The van der Waals surface area contributed by atoms with Crippen LogP contribution >= 0.6 is 0 Å². The summed E-state index contributed by atoms with van der Waals surface area (Å²) in [6.07, 6.45) is 3.35. The topological polar surface area (TPSA) is 46.3 Å². The lowest BCUT2D eigenvalue weighted by Gasteiger charge is -2.17. The van der Waals surface area contributed by atoms with Crippen LogP contribution in [0.4, 0.5) is 0 Å². The molecule has 0 aromatic heterocycles. The highest BCUT2D eigenvalue weighted by molar-refractivity contribution is 5.75. The lowest BCUT2D eigenvalue weighted by molar-refractivity contribution is -0.129. The van der Waals surface area contributed by atoms with E-state index in [4.69, 9.17) is 5.73 Å². The van der Waals surface area contributed by atoms with Crippen molar-refractivity contribution in [1.82, 2.24) is 4.90 Å². The second-order valence-electron chi connectivity index (χ2n) is 4.30. The molecule has 0 aliphatic heterocycles. The first kappa shape index (κ1) is 13.7. The third kappa shape index (κ3) is 5.50. The van der Waals surface area contributed by atoms with Crippen molar-refractivity contribution < 1.29 is 4.79 Å². The minimum absolute atomic E-state index is 0.217. The van der Waals surface area contributed by atoms with Crippen LogP contribution in [-0.4, -0.2) is 30.9 Å². The maximum Gasteiger partial charge on any atom is 0.222 e. The summed E-state index contributed by atoms with van der Waals surface area (Å²) in [5.41, 5.74) is 6.67. The molecule has 0 aliphatic carbocycles. The Bertz CT molecular complexity index is 324. The van der Waals surface area contributed by atoms with Crippen molar-refractivity contribution in [3.63, 3.8) is 0 Å². The summed E-state index contributed by atoms with van der Waals surface area (Å²) in [7, 11) is 1.87. The first-order valence-electron chi connectivity index (χ1n) is 6.22. The molecule has 0 unspecified atom stereocenters. The van der Waals surface area contributed by atoms with Crippen molar-refractivity contribution in [2.75, 3.05) is 20.1 Å². The Labute approximate surface area is 104 Å². The fraction of sp³-hybridized carbons (Fsp3) is 0.500. The lowest BCUT2D eigenvalue weighted by Crippen LogP contribution is -2.28. The summed E-state index contributed by atoms with van der Waals surface area (Å²) < 4.78 is 0. The highest BCUT2D eigenvalue weighted by atomic mass is 16.2. The van der Waals surface area contributed by atoms with Crippen molar-refractivity contribution >= 4 is 5.91 Å². The van der Waals surface area contributed by atoms with Crippen molar-refractivity contribution in [3.8, 4) is 0 Å². The van der Waals surface area contributed by atoms with Crippen LogP contribution in [-0.2, 0) is 11.2 Å². The van der Waals surface area contributed by atoms with Crippen LogP contribution < -0.4 is 5.73 Å². The number of hydrogen-bond donors (Lipinski definition) is 1. The molecule has 0 radical (unpaired) electrons. The Hall–Kier alpha value is -1.35. The largest absolute Gasteiger partial charge is 0.345 e. The Morgan fingerprint density at radius 1 is 1.24 bits per heavy atom. The van der Waals surface area contributed by atoms with Gasteiger partial charge in [-0.1, -0.05) is 30.3 Å². The number of unbranched alkanes of at least 4 members (excludes halogenated alkanes) is 1. The van der Waals surface area contributed by atoms with Gasteiger partial charge < -0.3 is 10.6 Å². The molecule has 0 bridgehead atoms. The van der Waals surface area contributed by atoms with Crippen LogP contribution in [0, 0.1) is 0 Å². The average molecular weight is 234 g/mol. The summed E-state index contributed by atoms with van der Waals surface area (Å²) in [5.74, 6) is 0.217. The molecule has 0 heterocycles. The molecule has 1 aromatic rings. The molecular formula is C14H22N2O. The minimum atomic E-state index is 0.217. The molecule has 0 saturated carbocycles. The van der Waals surface area contributed by atoms with E-state index in [1.165, 1.54) is 5.56 Å². The molecular weight excluding hydrogens is 212 g/mol. The molecule has 0 fully saturated rings.